The highest BCUT2D eigenvalue weighted by atomic mass is 35.5. The van der Waals surface area contributed by atoms with Gasteiger partial charge in [-0.3, -0.25) is 0 Å². The lowest BCUT2D eigenvalue weighted by Gasteiger charge is -2.06. The maximum atomic E-state index is 5.74. The van der Waals surface area contributed by atoms with Gasteiger partial charge < -0.3 is 14.8 Å². The van der Waals surface area contributed by atoms with Crippen molar-refractivity contribution in [3.05, 3.63) is 0 Å². The average molecular weight is 210 g/mol. The van der Waals surface area contributed by atoms with E-state index in [4.69, 9.17) is 21.1 Å². The van der Waals surface area contributed by atoms with Crippen molar-refractivity contribution < 1.29 is 9.47 Å². The lowest BCUT2D eigenvalue weighted by atomic mass is 10.4. The molecule has 0 aromatic heterocycles. The number of rotatable bonds is 9. The summed E-state index contributed by atoms with van der Waals surface area (Å²) in [5, 5.41) is 3.38. The van der Waals surface area contributed by atoms with E-state index in [9.17, 15) is 0 Å². The topological polar surface area (TPSA) is 30.5 Å². The smallest absolute Gasteiger partial charge is 0.0590 e. The third kappa shape index (κ3) is 12.2. The number of alkyl halides is 1. The molecule has 1 N–H and O–H groups in total. The summed E-state index contributed by atoms with van der Waals surface area (Å²) >= 11 is 5.74. The van der Waals surface area contributed by atoms with E-state index in [0.717, 1.165) is 39.3 Å². The monoisotopic (exact) mass is 209 g/mol. The maximum Gasteiger partial charge on any atom is 0.0590 e. The zero-order valence-corrected chi connectivity index (χ0v) is 9.27. The van der Waals surface area contributed by atoms with Crippen molar-refractivity contribution in [1.29, 1.82) is 0 Å². The van der Waals surface area contributed by atoms with Crippen molar-refractivity contribution in [1.82, 2.24) is 5.32 Å². The van der Waals surface area contributed by atoms with E-state index in [-0.39, 0.29) is 5.38 Å². The van der Waals surface area contributed by atoms with Crippen molar-refractivity contribution in [3.8, 4) is 0 Å². The van der Waals surface area contributed by atoms with Gasteiger partial charge in [-0.15, -0.1) is 11.6 Å². The third-order valence-corrected chi connectivity index (χ3v) is 1.64. The zero-order valence-electron chi connectivity index (χ0n) is 8.51. The van der Waals surface area contributed by atoms with E-state index >= 15 is 0 Å². The molecule has 0 saturated heterocycles. The van der Waals surface area contributed by atoms with E-state index in [2.05, 4.69) is 5.32 Å². The fraction of sp³-hybridized carbons (Fsp3) is 1.00. The molecule has 0 fully saturated rings. The predicted octanol–water partition coefficient (Wildman–Crippen LogP) is 1.26. The van der Waals surface area contributed by atoms with Gasteiger partial charge in [0, 0.05) is 38.8 Å². The summed E-state index contributed by atoms with van der Waals surface area (Å²) in [6, 6.07) is 0. The summed E-state index contributed by atoms with van der Waals surface area (Å²) in [7, 11) is 1.70. The quantitative estimate of drug-likeness (QED) is 0.458. The standard InChI is InChI=1S/C9H20ClNO2/c1-9(10)8-11-4-7-13-6-3-5-12-2/h9,11H,3-8H2,1-2H3. The number of methoxy groups -OCH3 is 1. The highest BCUT2D eigenvalue weighted by molar-refractivity contribution is 6.20. The van der Waals surface area contributed by atoms with Crippen molar-refractivity contribution in [2.24, 2.45) is 0 Å². The molecule has 4 heteroatoms. The highest BCUT2D eigenvalue weighted by Gasteiger charge is 1.94. The normalized spacial score (nSPS) is 13.2. The first kappa shape index (κ1) is 13.2. The Bertz CT molecular complexity index is 102. The van der Waals surface area contributed by atoms with Crippen LogP contribution in [0.3, 0.4) is 0 Å². The third-order valence-electron chi connectivity index (χ3n) is 1.49. The van der Waals surface area contributed by atoms with Crippen LogP contribution < -0.4 is 5.32 Å². The Kier molecular flexibility index (Phi) is 10.4. The van der Waals surface area contributed by atoms with E-state index in [0.29, 0.717) is 0 Å². The van der Waals surface area contributed by atoms with Crippen molar-refractivity contribution in [2.45, 2.75) is 18.7 Å². The van der Waals surface area contributed by atoms with Gasteiger partial charge in [-0.25, -0.2) is 0 Å². The molecule has 0 spiro atoms. The lowest BCUT2D eigenvalue weighted by molar-refractivity contribution is 0.104. The molecule has 0 saturated carbocycles. The average Bonchev–Trinajstić information content (AvgIpc) is 2.09. The Hall–Kier alpha value is 0.170. The van der Waals surface area contributed by atoms with Gasteiger partial charge in [0.1, 0.15) is 0 Å². The summed E-state index contributed by atoms with van der Waals surface area (Å²) in [4.78, 5) is 0. The molecule has 80 valence electrons. The Balaban J connectivity index is 2.84. The summed E-state index contributed by atoms with van der Waals surface area (Å²) in [5.41, 5.74) is 0. The van der Waals surface area contributed by atoms with Gasteiger partial charge in [-0.2, -0.15) is 0 Å². The number of nitrogens with one attached hydrogen (secondary N) is 1. The van der Waals surface area contributed by atoms with Crippen LogP contribution in [0.25, 0.3) is 0 Å². The minimum Gasteiger partial charge on any atom is -0.385 e. The molecule has 0 aliphatic heterocycles. The molecular weight excluding hydrogens is 190 g/mol. The van der Waals surface area contributed by atoms with Crippen LogP contribution in [0.2, 0.25) is 0 Å². The van der Waals surface area contributed by atoms with Crippen molar-refractivity contribution in [3.63, 3.8) is 0 Å². The van der Waals surface area contributed by atoms with Crippen LogP contribution >= 0.6 is 11.6 Å². The van der Waals surface area contributed by atoms with Crippen LogP contribution in [0.5, 0.6) is 0 Å². The fourth-order valence-electron chi connectivity index (χ4n) is 0.853. The molecule has 1 unspecified atom stereocenters. The number of hydrogen-bond donors (Lipinski definition) is 1. The van der Waals surface area contributed by atoms with E-state index in [1.807, 2.05) is 6.92 Å². The summed E-state index contributed by atoms with van der Waals surface area (Å²) in [6.07, 6.45) is 0.961. The molecule has 0 bridgehead atoms. The van der Waals surface area contributed by atoms with E-state index < -0.39 is 0 Å². The molecule has 1 atom stereocenters. The van der Waals surface area contributed by atoms with Crippen LogP contribution in [0.15, 0.2) is 0 Å². The van der Waals surface area contributed by atoms with Gasteiger partial charge in [0.05, 0.1) is 6.61 Å². The molecule has 0 rings (SSSR count). The molecule has 3 nitrogen and oxygen atoms in total. The van der Waals surface area contributed by atoms with E-state index in [1.165, 1.54) is 0 Å². The van der Waals surface area contributed by atoms with Gasteiger partial charge in [-0.1, -0.05) is 0 Å². The maximum absolute atomic E-state index is 5.74. The Morgan fingerprint density at radius 3 is 2.69 bits per heavy atom. The van der Waals surface area contributed by atoms with E-state index in [1.54, 1.807) is 7.11 Å². The second-order valence-corrected chi connectivity index (χ2v) is 3.69. The largest absolute Gasteiger partial charge is 0.385 e. The number of halogens is 1. The van der Waals surface area contributed by atoms with Crippen LogP contribution in [-0.2, 0) is 9.47 Å². The molecule has 13 heavy (non-hydrogen) atoms. The number of ether oxygens (including phenoxy) is 2. The molecule has 0 radical (unpaired) electrons. The summed E-state index contributed by atoms with van der Waals surface area (Å²) in [6.45, 7) is 5.95. The van der Waals surface area contributed by atoms with Gasteiger partial charge in [0.2, 0.25) is 0 Å². The Morgan fingerprint density at radius 2 is 2.08 bits per heavy atom. The Morgan fingerprint density at radius 1 is 1.31 bits per heavy atom. The minimum atomic E-state index is 0.188. The van der Waals surface area contributed by atoms with Gasteiger partial charge in [0.25, 0.3) is 0 Å². The van der Waals surface area contributed by atoms with Crippen LogP contribution in [-0.4, -0.2) is 45.4 Å². The minimum absolute atomic E-state index is 0.188. The summed E-state index contributed by atoms with van der Waals surface area (Å²) in [5.74, 6) is 0. The SMILES string of the molecule is COCCCOCCNCC(C)Cl. The zero-order chi connectivity index (χ0) is 9.94. The van der Waals surface area contributed by atoms with Crippen LogP contribution in [0.1, 0.15) is 13.3 Å². The first-order valence-corrected chi connectivity index (χ1v) is 5.12. The lowest BCUT2D eigenvalue weighted by Crippen LogP contribution is -2.25. The molecule has 0 aromatic carbocycles. The van der Waals surface area contributed by atoms with Gasteiger partial charge in [0.15, 0.2) is 0 Å². The van der Waals surface area contributed by atoms with Crippen LogP contribution in [0.4, 0.5) is 0 Å². The second kappa shape index (κ2) is 10.3. The number of hydrogen-bond acceptors (Lipinski definition) is 3. The Labute approximate surface area is 85.7 Å². The fourth-order valence-corrected chi connectivity index (χ4v) is 0.962. The van der Waals surface area contributed by atoms with Crippen molar-refractivity contribution >= 4 is 11.6 Å². The first-order valence-electron chi connectivity index (χ1n) is 4.69. The van der Waals surface area contributed by atoms with Crippen molar-refractivity contribution in [2.75, 3.05) is 40.0 Å². The molecule has 0 aliphatic carbocycles. The highest BCUT2D eigenvalue weighted by Crippen LogP contribution is 1.88. The molecule has 0 amide bonds. The molecular formula is C9H20ClNO2. The second-order valence-electron chi connectivity index (χ2n) is 2.94. The van der Waals surface area contributed by atoms with Gasteiger partial charge in [-0.05, 0) is 13.3 Å². The first-order chi connectivity index (χ1) is 6.27. The predicted molar refractivity (Wildman–Crippen MR) is 55.5 cm³/mol. The molecule has 0 aliphatic rings. The summed E-state index contributed by atoms with van der Waals surface area (Å²) < 4.78 is 10.2. The molecule has 0 heterocycles. The van der Waals surface area contributed by atoms with Crippen LogP contribution in [0, 0.1) is 0 Å². The van der Waals surface area contributed by atoms with Gasteiger partial charge >= 0.3 is 0 Å². The molecule has 0 aromatic rings.